The molecule has 0 spiro atoms. The number of Topliss-reactive ketones (excluding diaryl/α,β-unsaturated/α-hetero) is 1. The lowest BCUT2D eigenvalue weighted by Gasteiger charge is -2.60. The van der Waals surface area contributed by atoms with Crippen LogP contribution in [-0.2, 0) is 4.79 Å². The normalized spacial score (nSPS) is 41.5. The van der Waals surface area contributed by atoms with Gasteiger partial charge in [-0.3, -0.25) is 14.6 Å². The lowest BCUT2D eigenvalue weighted by Crippen LogP contribution is -3.41. The molecule has 23 heavy (non-hydrogen) atoms. The smallest absolute Gasteiger partial charge is 0.243 e. The highest BCUT2D eigenvalue weighted by Crippen LogP contribution is 2.41. The molecule has 5 rings (SSSR count). The number of rotatable bonds is 3. The fourth-order valence-electron chi connectivity index (χ4n) is 5.61. The van der Waals surface area contributed by atoms with Gasteiger partial charge in [-0.2, -0.15) is 0 Å². The standard InChI is InChI=1S/C18H24N2O3/c1-3-17-8-19-10-18(4-2,16(17)23)11-20(9-17)15(19)13-6-5-12(21)7-14(13)22/h5-7,15,21-22H,3-4,8-11H2,1-2H3/p+2. The van der Waals surface area contributed by atoms with Crippen LogP contribution < -0.4 is 9.80 Å². The number of carbonyl (C=O) groups excluding carboxylic acids is 1. The molecule has 0 radical (unpaired) electrons. The van der Waals surface area contributed by atoms with Gasteiger partial charge in [-0.1, -0.05) is 13.8 Å². The number of nitrogens with one attached hydrogen (secondary N) is 2. The van der Waals surface area contributed by atoms with E-state index in [1.807, 2.05) is 6.07 Å². The van der Waals surface area contributed by atoms with Gasteiger partial charge in [0.05, 0.1) is 0 Å². The predicted octanol–water partition coefficient (Wildman–Crippen LogP) is -0.731. The second-order valence-electron chi connectivity index (χ2n) is 7.80. The molecule has 0 aromatic heterocycles. The van der Waals surface area contributed by atoms with Crippen LogP contribution in [0.1, 0.15) is 38.4 Å². The van der Waals surface area contributed by atoms with E-state index in [1.54, 1.807) is 6.07 Å². The third kappa shape index (κ3) is 1.83. The Balaban J connectivity index is 1.77. The van der Waals surface area contributed by atoms with Gasteiger partial charge in [0.15, 0.2) is 5.78 Å². The van der Waals surface area contributed by atoms with Gasteiger partial charge in [-0.15, -0.1) is 0 Å². The molecule has 4 aliphatic rings. The van der Waals surface area contributed by atoms with Crippen molar-refractivity contribution in [2.24, 2.45) is 10.8 Å². The molecule has 0 unspecified atom stereocenters. The fraction of sp³-hybridized carbons (Fsp3) is 0.611. The summed E-state index contributed by atoms with van der Waals surface area (Å²) in [5.41, 5.74) is 0.539. The molecule has 5 nitrogen and oxygen atoms in total. The molecule has 0 aliphatic carbocycles. The van der Waals surface area contributed by atoms with E-state index in [0.717, 1.165) is 44.6 Å². The number of ketones is 1. The first-order valence-electron chi connectivity index (χ1n) is 8.71. The monoisotopic (exact) mass is 318 g/mol. The van der Waals surface area contributed by atoms with E-state index in [4.69, 9.17) is 0 Å². The molecule has 5 heteroatoms. The van der Waals surface area contributed by atoms with E-state index in [2.05, 4.69) is 13.8 Å². The summed E-state index contributed by atoms with van der Waals surface area (Å²) in [6.45, 7) is 7.78. The highest BCUT2D eigenvalue weighted by Gasteiger charge is 2.70. The van der Waals surface area contributed by atoms with Gasteiger partial charge in [0.2, 0.25) is 6.17 Å². The van der Waals surface area contributed by atoms with Crippen LogP contribution in [0.2, 0.25) is 0 Å². The van der Waals surface area contributed by atoms with Crippen LogP contribution in [0.25, 0.3) is 0 Å². The van der Waals surface area contributed by atoms with Crippen LogP contribution in [0.3, 0.4) is 0 Å². The molecule has 1 aromatic carbocycles. The molecule has 4 aliphatic heterocycles. The van der Waals surface area contributed by atoms with Crippen LogP contribution >= 0.6 is 0 Å². The van der Waals surface area contributed by atoms with Crippen molar-refractivity contribution in [1.82, 2.24) is 0 Å². The molecule has 0 saturated carbocycles. The highest BCUT2D eigenvalue weighted by molar-refractivity contribution is 5.92. The minimum atomic E-state index is -0.180. The Kier molecular flexibility index (Phi) is 3.06. The molecule has 4 saturated heterocycles. The average Bonchev–Trinajstić information content (AvgIpc) is 2.52. The van der Waals surface area contributed by atoms with Crippen LogP contribution in [0, 0.1) is 10.8 Å². The Labute approximate surface area is 136 Å². The van der Waals surface area contributed by atoms with Gasteiger partial charge >= 0.3 is 0 Å². The van der Waals surface area contributed by atoms with E-state index in [9.17, 15) is 15.0 Å². The maximum atomic E-state index is 13.1. The van der Waals surface area contributed by atoms with Crippen molar-refractivity contribution in [2.75, 3.05) is 26.2 Å². The van der Waals surface area contributed by atoms with Crippen LogP contribution in [-0.4, -0.2) is 42.2 Å². The number of hydrogen-bond donors (Lipinski definition) is 4. The Bertz CT molecular complexity index is 630. The van der Waals surface area contributed by atoms with Crippen molar-refractivity contribution < 1.29 is 24.8 Å². The number of quaternary nitrogens is 2. The quantitative estimate of drug-likeness (QED) is 0.594. The lowest BCUT2D eigenvalue weighted by molar-refractivity contribution is -1.18. The van der Waals surface area contributed by atoms with Crippen molar-refractivity contribution >= 4 is 5.78 Å². The Hall–Kier alpha value is -1.59. The zero-order valence-electron chi connectivity index (χ0n) is 13.9. The number of piperidine rings is 2. The number of phenolic OH excluding ortho intramolecular Hbond substituents is 2. The molecule has 4 bridgehead atoms. The van der Waals surface area contributed by atoms with Gasteiger partial charge in [0, 0.05) is 6.07 Å². The largest absolute Gasteiger partial charge is 0.508 e. The summed E-state index contributed by atoms with van der Waals surface area (Å²) in [4.78, 5) is 16.0. The maximum absolute atomic E-state index is 13.1. The van der Waals surface area contributed by atoms with E-state index in [0.29, 0.717) is 5.78 Å². The summed E-state index contributed by atoms with van der Waals surface area (Å²) in [7, 11) is 0. The zero-order valence-corrected chi connectivity index (χ0v) is 13.9. The summed E-state index contributed by atoms with van der Waals surface area (Å²) in [5.74, 6) is 0.760. The molecule has 124 valence electrons. The summed E-state index contributed by atoms with van der Waals surface area (Å²) in [6, 6.07) is 4.92. The lowest BCUT2D eigenvalue weighted by atomic mass is 9.58. The first kappa shape index (κ1) is 15.0. The van der Waals surface area contributed by atoms with Crippen molar-refractivity contribution in [1.29, 1.82) is 0 Å². The van der Waals surface area contributed by atoms with Crippen molar-refractivity contribution in [3.63, 3.8) is 0 Å². The van der Waals surface area contributed by atoms with Gasteiger partial charge in [0.25, 0.3) is 0 Å². The molecule has 4 N–H and O–H groups in total. The zero-order chi connectivity index (χ0) is 16.4. The minimum Gasteiger partial charge on any atom is -0.508 e. The average molecular weight is 318 g/mol. The third-order valence-electron chi connectivity index (χ3n) is 6.72. The van der Waals surface area contributed by atoms with Crippen molar-refractivity contribution in [3.8, 4) is 11.5 Å². The number of benzene rings is 1. The minimum absolute atomic E-state index is 0.0929. The summed E-state index contributed by atoms with van der Waals surface area (Å²) in [6.07, 6.45) is 1.99. The van der Waals surface area contributed by atoms with Crippen LogP contribution in [0.15, 0.2) is 18.2 Å². The van der Waals surface area contributed by atoms with Gasteiger partial charge in [-0.25, -0.2) is 0 Å². The molecular weight excluding hydrogens is 292 g/mol. The number of hydrogen-bond acceptors (Lipinski definition) is 3. The van der Waals surface area contributed by atoms with E-state index in [1.165, 1.54) is 15.9 Å². The van der Waals surface area contributed by atoms with Crippen LogP contribution in [0.5, 0.6) is 11.5 Å². The molecule has 1 aromatic rings. The van der Waals surface area contributed by atoms with Gasteiger partial charge in [-0.05, 0) is 25.0 Å². The molecule has 4 fully saturated rings. The highest BCUT2D eigenvalue weighted by atomic mass is 16.3. The van der Waals surface area contributed by atoms with Crippen molar-refractivity contribution in [2.45, 2.75) is 32.9 Å². The molecule has 0 amide bonds. The predicted molar refractivity (Wildman–Crippen MR) is 84.4 cm³/mol. The van der Waals surface area contributed by atoms with E-state index < -0.39 is 0 Å². The van der Waals surface area contributed by atoms with Gasteiger partial charge in [0.1, 0.15) is 54.1 Å². The Morgan fingerprint density at radius 1 is 1.04 bits per heavy atom. The second-order valence-corrected chi connectivity index (χ2v) is 7.80. The Morgan fingerprint density at radius 3 is 2.00 bits per heavy atom. The number of aromatic hydroxyl groups is 2. The van der Waals surface area contributed by atoms with Crippen molar-refractivity contribution in [3.05, 3.63) is 23.8 Å². The maximum Gasteiger partial charge on any atom is 0.243 e. The summed E-state index contributed by atoms with van der Waals surface area (Å²) < 4.78 is 0. The summed E-state index contributed by atoms with van der Waals surface area (Å²) in [5, 5.41) is 19.9. The molecule has 0 atom stereocenters. The van der Waals surface area contributed by atoms with Gasteiger partial charge < -0.3 is 10.2 Å². The fourth-order valence-corrected chi connectivity index (χ4v) is 5.61. The van der Waals surface area contributed by atoms with E-state index in [-0.39, 0.29) is 28.5 Å². The Morgan fingerprint density at radius 2 is 1.57 bits per heavy atom. The first-order chi connectivity index (χ1) is 10.9. The van der Waals surface area contributed by atoms with E-state index >= 15 is 0 Å². The number of phenols is 2. The number of carbonyl (C=O) groups is 1. The topological polar surface area (TPSA) is 66.4 Å². The SMILES string of the molecule is CCC12C[NH+]3CC(CC)(C[NH+](C1)C3c1ccc(O)cc1O)C2=O. The first-order valence-corrected chi connectivity index (χ1v) is 8.71. The summed E-state index contributed by atoms with van der Waals surface area (Å²) >= 11 is 0. The molecule has 4 heterocycles. The third-order valence-corrected chi connectivity index (χ3v) is 6.72. The van der Waals surface area contributed by atoms with Crippen LogP contribution in [0.4, 0.5) is 0 Å². The second kappa shape index (κ2) is 4.71. The molecular formula is C18H26N2O3+2.